The van der Waals surface area contributed by atoms with Crippen LogP contribution in [-0.2, 0) is 0 Å². The molecular formula is C10H14N2. The maximum atomic E-state index is 4.21. The van der Waals surface area contributed by atoms with E-state index in [4.69, 9.17) is 0 Å². The van der Waals surface area contributed by atoms with Crippen LogP contribution in [0.5, 0.6) is 0 Å². The average molecular weight is 162 g/mol. The number of nitrogens with zero attached hydrogens (tertiary/aromatic N) is 1. The second-order valence-electron chi connectivity index (χ2n) is 2.42. The second-order valence-corrected chi connectivity index (χ2v) is 2.42. The Kier molecular flexibility index (Phi) is 2.86. The molecule has 0 aliphatic heterocycles. The van der Waals surface area contributed by atoms with Gasteiger partial charge in [-0.2, -0.15) is 0 Å². The van der Waals surface area contributed by atoms with Crippen molar-refractivity contribution < 1.29 is 0 Å². The summed E-state index contributed by atoms with van der Waals surface area (Å²) in [5.74, 6) is 0. The summed E-state index contributed by atoms with van der Waals surface area (Å²) in [6.45, 7) is 6.04. The zero-order valence-electron chi connectivity index (χ0n) is 7.76. The number of fused-ring (bicyclic) bond motifs is 1. The van der Waals surface area contributed by atoms with E-state index in [1.165, 1.54) is 5.56 Å². The third-order valence-electron chi connectivity index (χ3n) is 1.54. The van der Waals surface area contributed by atoms with Gasteiger partial charge in [0, 0.05) is 12.4 Å². The normalized spacial score (nSPS) is 9.25. The number of aryl methyl sites for hydroxylation is 1. The van der Waals surface area contributed by atoms with Crippen molar-refractivity contribution in [3.05, 3.63) is 30.1 Å². The molecule has 0 fully saturated rings. The molecule has 2 aromatic heterocycles. The van der Waals surface area contributed by atoms with E-state index in [-0.39, 0.29) is 0 Å². The van der Waals surface area contributed by atoms with Gasteiger partial charge in [-0.25, -0.2) is 0 Å². The molecule has 2 heterocycles. The zero-order valence-corrected chi connectivity index (χ0v) is 7.76. The Hall–Kier alpha value is -1.31. The molecule has 0 unspecified atom stereocenters. The van der Waals surface area contributed by atoms with Crippen molar-refractivity contribution in [2.24, 2.45) is 0 Å². The van der Waals surface area contributed by atoms with Crippen LogP contribution in [0.4, 0.5) is 0 Å². The molecule has 0 aromatic carbocycles. The van der Waals surface area contributed by atoms with Gasteiger partial charge in [0.25, 0.3) is 0 Å². The van der Waals surface area contributed by atoms with E-state index in [0.717, 1.165) is 11.0 Å². The van der Waals surface area contributed by atoms with Crippen molar-refractivity contribution >= 4 is 11.0 Å². The fraction of sp³-hybridized carbons (Fsp3) is 0.300. The number of H-pyrrole nitrogens is 1. The Morgan fingerprint density at radius 1 is 1.33 bits per heavy atom. The first-order chi connectivity index (χ1) is 5.86. The molecule has 12 heavy (non-hydrogen) atoms. The molecule has 0 spiro atoms. The number of aromatic nitrogens is 2. The van der Waals surface area contributed by atoms with Gasteiger partial charge in [-0.1, -0.05) is 13.8 Å². The second kappa shape index (κ2) is 3.90. The van der Waals surface area contributed by atoms with E-state index in [9.17, 15) is 0 Å². The van der Waals surface area contributed by atoms with E-state index >= 15 is 0 Å². The van der Waals surface area contributed by atoms with Gasteiger partial charge in [-0.3, -0.25) is 4.98 Å². The number of aromatic amines is 1. The number of pyridine rings is 1. The van der Waals surface area contributed by atoms with Crippen molar-refractivity contribution in [2.75, 3.05) is 0 Å². The molecule has 0 aliphatic carbocycles. The van der Waals surface area contributed by atoms with Gasteiger partial charge < -0.3 is 4.98 Å². The minimum absolute atomic E-state index is 1.03. The van der Waals surface area contributed by atoms with E-state index in [1.54, 1.807) is 0 Å². The summed E-state index contributed by atoms with van der Waals surface area (Å²) >= 11 is 0. The lowest BCUT2D eigenvalue weighted by Gasteiger charge is -1.89. The maximum absolute atomic E-state index is 4.21. The summed E-state index contributed by atoms with van der Waals surface area (Å²) in [6, 6.07) is 4.05. The Balaban J connectivity index is 0.000000336. The lowest BCUT2D eigenvalue weighted by atomic mass is 10.3. The zero-order chi connectivity index (χ0) is 8.97. The summed E-state index contributed by atoms with van der Waals surface area (Å²) in [6.07, 6.45) is 3.77. The molecule has 2 heteroatoms. The van der Waals surface area contributed by atoms with E-state index < -0.39 is 0 Å². The molecule has 0 bridgehead atoms. The molecule has 0 atom stereocenters. The Morgan fingerprint density at radius 2 is 2.08 bits per heavy atom. The quantitative estimate of drug-likeness (QED) is 0.634. The maximum Gasteiger partial charge on any atom is 0.0878 e. The predicted octanol–water partition coefficient (Wildman–Crippen LogP) is 2.90. The largest absolute Gasteiger partial charge is 0.360 e. The highest BCUT2D eigenvalue weighted by Crippen LogP contribution is 2.09. The standard InChI is InChI=1S/C8H8N2.C2H6/c1-6-4-8-7(10-5-6)2-3-9-8;1-2/h2-5,9H,1H3;1-2H3. The Morgan fingerprint density at radius 3 is 2.83 bits per heavy atom. The summed E-state index contributed by atoms with van der Waals surface area (Å²) in [5.41, 5.74) is 3.33. The predicted molar refractivity (Wildman–Crippen MR) is 52.2 cm³/mol. The van der Waals surface area contributed by atoms with Crippen LogP contribution in [0.15, 0.2) is 24.5 Å². The summed E-state index contributed by atoms with van der Waals surface area (Å²) in [5, 5.41) is 0. The van der Waals surface area contributed by atoms with Crippen LogP contribution in [0.1, 0.15) is 19.4 Å². The molecular weight excluding hydrogens is 148 g/mol. The topological polar surface area (TPSA) is 28.7 Å². The molecule has 0 radical (unpaired) electrons. The van der Waals surface area contributed by atoms with Crippen molar-refractivity contribution in [1.29, 1.82) is 0 Å². The van der Waals surface area contributed by atoms with Gasteiger partial charge in [0.15, 0.2) is 0 Å². The molecule has 0 aliphatic rings. The third-order valence-corrected chi connectivity index (χ3v) is 1.54. The number of hydrogen-bond donors (Lipinski definition) is 1. The highest BCUT2D eigenvalue weighted by atomic mass is 14.7. The van der Waals surface area contributed by atoms with Gasteiger partial charge in [0.1, 0.15) is 0 Å². The van der Waals surface area contributed by atoms with Crippen LogP contribution in [0, 0.1) is 6.92 Å². The van der Waals surface area contributed by atoms with Crippen LogP contribution in [0.2, 0.25) is 0 Å². The van der Waals surface area contributed by atoms with E-state index in [2.05, 4.69) is 16.0 Å². The monoisotopic (exact) mass is 162 g/mol. The summed E-state index contributed by atoms with van der Waals surface area (Å²) < 4.78 is 0. The van der Waals surface area contributed by atoms with Crippen LogP contribution < -0.4 is 0 Å². The smallest absolute Gasteiger partial charge is 0.0878 e. The van der Waals surface area contributed by atoms with Crippen molar-refractivity contribution in [3.8, 4) is 0 Å². The first-order valence-electron chi connectivity index (χ1n) is 4.26. The molecule has 64 valence electrons. The van der Waals surface area contributed by atoms with Gasteiger partial charge in [0.05, 0.1) is 11.0 Å². The van der Waals surface area contributed by atoms with Crippen LogP contribution in [-0.4, -0.2) is 9.97 Å². The van der Waals surface area contributed by atoms with Crippen LogP contribution >= 0.6 is 0 Å². The van der Waals surface area contributed by atoms with Gasteiger partial charge in [-0.05, 0) is 24.6 Å². The van der Waals surface area contributed by atoms with Crippen molar-refractivity contribution in [3.63, 3.8) is 0 Å². The number of nitrogens with one attached hydrogen (secondary N) is 1. The molecule has 0 saturated carbocycles. The first kappa shape index (κ1) is 8.78. The molecule has 2 rings (SSSR count). The third kappa shape index (κ3) is 1.64. The molecule has 1 N–H and O–H groups in total. The van der Waals surface area contributed by atoms with E-state index in [1.807, 2.05) is 39.2 Å². The minimum atomic E-state index is 1.03. The van der Waals surface area contributed by atoms with Gasteiger partial charge in [-0.15, -0.1) is 0 Å². The lowest BCUT2D eigenvalue weighted by Crippen LogP contribution is -1.76. The molecule has 0 saturated heterocycles. The van der Waals surface area contributed by atoms with E-state index in [0.29, 0.717) is 0 Å². The van der Waals surface area contributed by atoms with Gasteiger partial charge >= 0.3 is 0 Å². The minimum Gasteiger partial charge on any atom is -0.360 e. The number of rotatable bonds is 0. The highest BCUT2D eigenvalue weighted by Gasteiger charge is 1.92. The van der Waals surface area contributed by atoms with Crippen molar-refractivity contribution in [2.45, 2.75) is 20.8 Å². The summed E-state index contributed by atoms with van der Waals surface area (Å²) in [4.78, 5) is 7.31. The summed E-state index contributed by atoms with van der Waals surface area (Å²) in [7, 11) is 0. The van der Waals surface area contributed by atoms with Crippen LogP contribution in [0.3, 0.4) is 0 Å². The molecule has 2 aromatic rings. The Labute approximate surface area is 72.6 Å². The Bertz CT molecular complexity index is 349. The fourth-order valence-electron chi connectivity index (χ4n) is 1.04. The van der Waals surface area contributed by atoms with Crippen molar-refractivity contribution in [1.82, 2.24) is 9.97 Å². The highest BCUT2D eigenvalue weighted by molar-refractivity contribution is 5.74. The van der Waals surface area contributed by atoms with Gasteiger partial charge in [0.2, 0.25) is 0 Å². The average Bonchev–Trinajstić information content (AvgIpc) is 2.54. The fourth-order valence-corrected chi connectivity index (χ4v) is 1.04. The SMILES string of the molecule is CC.Cc1cnc2cc[nH]c2c1. The number of hydrogen-bond acceptors (Lipinski definition) is 1. The molecule has 2 nitrogen and oxygen atoms in total. The first-order valence-corrected chi connectivity index (χ1v) is 4.26. The van der Waals surface area contributed by atoms with Crippen LogP contribution in [0.25, 0.3) is 11.0 Å². The molecule has 0 amide bonds. The lowest BCUT2D eigenvalue weighted by molar-refractivity contribution is 1.33.